The summed E-state index contributed by atoms with van der Waals surface area (Å²) in [5, 5.41) is 0. The maximum atomic E-state index is 12.2. The molecule has 0 aliphatic heterocycles. The van der Waals surface area contributed by atoms with E-state index in [4.69, 9.17) is 0 Å². The Morgan fingerprint density at radius 1 is 1.25 bits per heavy atom. The fraction of sp³-hybridized carbons (Fsp3) is 0.929. The Morgan fingerprint density at radius 3 is 2.06 bits per heavy atom. The van der Waals surface area contributed by atoms with E-state index in [-0.39, 0.29) is 11.3 Å². The minimum atomic E-state index is 0.114. The van der Waals surface area contributed by atoms with Crippen molar-refractivity contribution in [2.45, 2.75) is 60.4 Å². The molecule has 0 unspecified atom stereocenters. The lowest BCUT2D eigenvalue weighted by atomic mass is 9.86. The van der Waals surface area contributed by atoms with Crippen molar-refractivity contribution in [3.8, 4) is 0 Å². The fourth-order valence-corrected chi connectivity index (χ4v) is 1.82. The molecule has 1 aliphatic carbocycles. The van der Waals surface area contributed by atoms with Crippen LogP contribution in [0.4, 0.5) is 0 Å². The van der Waals surface area contributed by atoms with Gasteiger partial charge in [0.2, 0.25) is 5.91 Å². The van der Waals surface area contributed by atoms with Gasteiger partial charge >= 0.3 is 0 Å². The summed E-state index contributed by atoms with van der Waals surface area (Å²) in [6.07, 6.45) is 2.61. The van der Waals surface area contributed by atoms with Crippen LogP contribution >= 0.6 is 0 Å². The van der Waals surface area contributed by atoms with Gasteiger partial charge in [0.15, 0.2) is 0 Å². The third-order valence-electron chi connectivity index (χ3n) is 3.65. The second-order valence-electron chi connectivity index (χ2n) is 6.63. The second kappa shape index (κ2) is 4.77. The summed E-state index contributed by atoms with van der Waals surface area (Å²) < 4.78 is 0. The second-order valence-corrected chi connectivity index (χ2v) is 6.63. The Kier molecular flexibility index (Phi) is 4.03. The summed E-state index contributed by atoms with van der Waals surface area (Å²) >= 11 is 0. The van der Waals surface area contributed by atoms with Crippen LogP contribution in [-0.2, 0) is 4.79 Å². The third-order valence-corrected chi connectivity index (χ3v) is 3.65. The highest BCUT2D eigenvalue weighted by atomic mass is 16.2. The maximum absolute atomic E-state index is 12.2. The van der Waals surface area contributed by atoms with Crippen molar-refractivity contribution in [2.24, 2.45) is 17.3 Å². The molecule has 16 heavy (non-hydrogen) atoms. The van der Waals surface area contributed by atoms with Crippen molar-refractivity contribution in [3.63, 3.8) is 0 Å². The molecule has 0 saturated heterocycles. The summed E-state index contributed by atoms with van der Waals surface area (Å²) in [4.78, 5) is 14.3. The van der Waals surface area contributed by atoms with Gasteiger partial charge in [0.25, 0.3) is 0 Å². The van der Waals surface area contributed by atoms with Crippen molar-refractivity contribution in [1.29, 1.82) is 0 Å². The Hall–Kier alpha value is -0.530. The number of amides is 1. The predicted molar refractivity (Wildman–Crippen MR) is 68.2 cm³/mol. The zero-order valence-corrected chi connectivity index (χ0v) is 11.7. The number of hydrogen-bond acceptors (Lipinski definition) is 1. The highest BCUT2D eigenvalue weighted by Gasteiger charge is 2.34. The first-order chi connectivity index (χ1) is 7.23. The molecular weight excluding hydrogens is 198 g/mol. The van der Waals surface area contributed by atoms with E-state index in [1.165, 1.54) is 12.8 Å². The minimum absolute atomic E-state index is 0.114. The molecule has 0 spiro atoms. The molecule has 1 saturated carbocycles. The number of carbonyl (C=O) groups is 1. The van der Waals surface area contributed by atoms with Crippen LogP contribution in [0.5, 0.6) is 0 Å². The van der Waals surface area contributed by atoms with Crippen LogP contribution in [0.1, 0.15) is 54.4 Å². The molecule has 2 nitrogen and oxygen atoms in total. The molecule has 1 fully saturated rings. The molecule has 0 aromatic heterocycles. The normalized spacial score (nSPS) is 18.7. The smallest absolute Gasteiger partial charge is 0.225 e. The lowest BCUT2D eigenvalue weighted by molar-refractivity contribution is -0.139. The Bertz CT molecular complexity index is 248. The molecule has 1 amide bonds. The monoisotopic (exact) mass is 225 g/mol. The van der Waals surface area contributed by atoms with Crippen LogP contribution in [0.15, 0.2) is 0 Å². The van der Waals surface area contributed by atoms with E-state index in [0.29, 0.717) is 11.9 Å². The van der Waals surface area contributed by atoms with Crippen molar-refractivity contribution < 1.29 is 4.79 Å². The van der Waals surface area contributed by atoms with Gasteiger partial charge in [-0.3, -0.25) is 4.79 Å². The molecule has 1 rings (SSSR count). The summed E-state index contributed by atoms with van der Waals surface area (Å²) in [6, 6.07) is 0.322. The molecule has 1 aliphatic rings. The van der Waals surface area contributed by atoms with E-state index in [1.54, 1.807) is 0 Å². The molecule has 1 atom stereocenters. The van der Waals surface area contributed by atoms with Crippen LogP contribution in [0.2, 0.25) is 0 Å². The van der Waals surface area contributed by atoms with Crippen molar-refractivity contribution in [2.75, 3.05) is 6.54 Å². The molecule has 2 heteroatoms. The largest absolute Gasteiger partial charge is 0.339 e. The molecule has 0 N–H and O–H groups in total. The Morgan fingerprint density at radius 2 is 1.75 bits per heavy atom. The maximum Gasteiger partial charge on any atom is 0.225 e. The number of carbonyl (C=O) groups excluding carboxylic acids is 1. The number of rotatable bonds is 4. The van der Waals surface area contributed by atoms with Crippen molar-refractivity contribution in [1.82, 2.24) is 4.90 Å². The van der Waals surface area contributed by atoms with Gasteiger partial charge in [0, 0.05) is 18.5 Å². The average molecular weight is 225 g/mol. The highest BCUT2D eigenvalue weighted by Crippen LogP contribution is 2.33. The first-order valence-electron chi connectivity index (χ1n) is 6.54. The summed E-state index contributed by atoms with van der Waals surface area (Å²) in [5.74, 6) is 1.20. The lowest BCUT2D eigenvalue weighted by Gasteiger charge is -2.39. The van der Waals surface area contributed by atoms with E-state index in [0.717, 1.165) is 12.5 Å². The van der Waals surface area contributed by atoms with Crippen molar-refractivity contribution in [3.05, 3.63) is 0 Å². The van der Waals surface area contributed by atoms with Crippen LogP contribution in [0.25, 0.3) is 0 Å². The van der Waals surface area contributed by atoms with Gasteiger partial charge in [-0.25, -0.2) is 0 Å². The molecule has 0 bridgehead atoms. The van der Waals surface area contributed by atoms with Crippen LogP contribution in [0.3, 0.4) is 0 Å². The molecule has 94 valence electrons. The van der Waals surface area contributed by atoms with E-state index in [2.05, 4.69) is 32.6 Å². The molecule has 0 aromatic rings. The van der Waals surface area contributed by atoms with Crippen LogP contribution in [0, 0.1) is 17.3 Å². The number of hydrogen-bond donors (Lipinski definition) is 0. The van der Waals surface area contributed by atoms with Gasteiger partial charge in [0.1, 0.15) is 0 Å². The average Bonchev–Trinajstić information content (AvgIpc) is 2.93. The summed E-state index contributed by atoms with van der Waals surface area (Å²) in [6.45, 7) is 13.8. The Labute approximate surface area is 100 Å². The molecule has 0 radical (unpaired) electrons. The van der Waals surface area contributed by atoms with E-state index >= 15 is 0 Å². The topological polar surface area (TPSA) is 20.3 Å². The standard InChI is InChI=1S/C14H27NO/c1-10(2)13(16)15(9-12-7-8-12)11(3)14(4,5)6/h10-12H,7-9H2,1-6H3/t11-/m1/s1. The van der Waals surface area contributed by atoms with Gasteiger partial charge < -0.3 is 4.90 Å². The van der Waals surface area contributed by atoms with Crippen molar-refractivity contribution >= 4 is 5.91 Å². The van der Waals surface area contributed by atoms with Crippen LogP contribution in [-0.4, -0.2) is 23.4 Å². The van der Waals surface area contributed by atoms with E-state index in [1.807, 2.05) is 13.8 Å². The SMILES string of the molecule is CC(C)C(=O)N(CC1CC1)[C@H](C)C(C)(C)C. The van der Waals surface area contributed by atoms with Gasteiger partial charge in [-0.15, -0.1) is 0 Å². The van der Waals surface area contributed by atoms with Gasteiger partial charge in [0.05, 0.1) is 0 Å². The Balaban J connectivity index is 2.72. The minimum Gasteiger partial charge on any atom is -0.339 e. The molecule has 0 aromatic carbocycles. The molecular formula is C14H27NO. The highest BCUT2D eigenvalue weighted by molar-refractivity contribution is 5.78. The first-order valence-corrected chi connectivity index (χ1v) is 6.54. The van der Waals surface area contributed by atoms with E-state index < -0.39 is 0 Å². The predicted octanol–water partition coefficient (Wildman–Crippen LogP) is 3.32. The van der Waals surface area contributed by atoms with Gasteiger partial charge in [-0.2, -0.15) is 0 Å². The number of nitrogens with zero attached hydrogens (tertiary/aromatic N) is 1. The lowest BCUT2D eigenvalue weighted by Crippen LogP contribution is -2.48. The zero-order valence-electron chi connectivity index (χ0n) is 11.7. The van der Waals surface area contributed by atoms with Crippen LogP contribution < -0.4 is 0 Å². The van der Waals surface area contributed by atoms with Gasteiger partial charge in [-0.05, 0) is 31.1 Å². The van der Waals surface area contributed by atoms with E-state index in [9.17, 15) is 4.79 Å². The zero-order chi connectivity index (χ0) is 12.5. The van der Waals surface area contributed by atoms with Gasteiger partial charge in [-0.1, -0.05) is 34.6 Å². The fourth-order valence-electron chi connectivity index (χ4n) is 1.82. The summed E-state index contributed by atoms with van der Waals surface area (Å²) in [7, 11) is 0. The first kappa shape index (κ1) is 13.5. The third kappa shape index (κ3) is 3.50. The molecule has 0 heterocycles. The summed E-state index contributed by atoms with van der Waals surface area (Å²) in [5.41, 5.74) is 0.166. The quantitative estimate of drug-likeness (QED) is 0.719.